The maximum Gasteiger partial charge on any atom is 0.0713 e. The predicted octanol–water partition coefficient (Wildman–Crippen LogP) is 18.5. The summed E-state index contributed by atoms with van der Waals surface area (Å²) in [7, 11) is 0. The van der Waals surface area contributed by atoms with E-state index in [9.17, 15) is 0 Å². The van der Waals surface area contributed by atoms with E-state index in [-0.39, 0.29) is 0 Å². The molecule has 0 saturated heterocycles. The molecule has 1 aliphatic rings. The van der Waals surface area contributed by atoms with E-state index >= 15 is 0 Å². The van der Waals surface area contributed by atoms with E-state index in [0.29, 0.717) is 0 Å². The third-order valence-electron chi connectivity index (χ3n) is 14.6. The Balaban J connectivity index is 0.918. The maximum atomic E-state index is 2.39. The average Bonchev–Trinajstić information content (AvgIpc) is 3.75. The first-order valence-electron chi connectivity index (χ1n) is 24.2. The topological polar surface area (TPSA) is 3.24 Å². The number of anilines is 3. The zero-order chi connectivity index (χ0) is 46.4. The predicted molar refractivity (Wildman–Crippen MR) is 295 cm³/mol. The molecule has 0 heterocycles. The summed E-state index contributed by atoms with van der Waals surface area (Å²) in [6.45, 7) is 0. The quantitative estimate of drug-likeness (QED) is 0.140. The second-order valence-electron chi connectivity index (χ2n) is 18.4. The molecular weight excluding hydrogens is 843 g/mol. The van der Waals surface area contributed by atoms with Crippen molar-refractivity contribution < 1.29 is 0 Å². The van der Waals surface area contributed by atoms with Gasteiger partial charge in [0.25, 0.3) is 0 Å². The lowest BCUT2D eigenvalue weighted by Gasteiger charge is -2.34. The van der Waals surface area contributed by atoms with E-state index in [2.05, 4.69) is 290 Å². The first kappa shape index (κ1) is 41.2. The van der Waals surface area contributed by atoms with Gasteiger partial charge in [-0.25, -0.2) is 0 Å². The third-order valence-corrected chi connectivity index (χ3v) is 14.6. The molecule has 0 spiro atoms. The van der Waals surface area contributed by atoms with Gasteiger partial charge in [-0.05, 0) is 136 Å². The zero-order valence-electron chi connectivity index (χ0n) is 38.6. The van der Waals surface area contributed by atoms with Gasteiger partial charge in [0, 0.05) is 17.1 Å². The highest BCUT2D eigenvalue weighted by atomic mass is 15.1. The van der Waals surface area contributed by atoms with Gasteiger partial charge >= 0.3 is 0 Å². The molecule has 70 heavy (non-hydrogen) atoms. The SMILES string of the molecule is c1ccc(C2(c3ccccc3)c3ccccc3-c3c(-c4ccc(N(c5ccc(-c6cccc7ccccc67)cc5)c5cccc(-c6ccc(-c7cccc8ccccc78)cc6)c5)cc4)cccc32)cc1. The van der Waals surface area contributed by atoms with E-state index in [1.165, 1.54) is 93.9 Å². The van der Waals surface area contributed by atoms with Gasteiger partial charge in [0.2, 0.25) is 0 Å². The van der Waals surface area contributed by atoms with E-state index in [1.54, 1.807) is 0 Å². The van der Waals surface area contributed by atoms with Crippen LogP contribution in [0.15, 0.2) is 285 Å². The normalized spacial score (nSPS) is 12.4. The van der Waals surface area contributed by atoms with Gasteiger partial charge < -0.3 is 4.90 Å². The molecule has 1 nitrogen and oxygen atoms in total. The van der Waals surface area contributed by atoms with Crippen molar-refractivity contribution >= 4 is 38.6 Å². The van der Waals surface area contributed by atoms with Crippen molar-refractivity contribution in [2.45, 2.75) is 5.41 Å². The van der Waals surface area contributed by atoms with E-state index in [4.69, 9.17) is 0 Å². The Bertz CT molecular complexity index is 3800. The van der Waals surface area contributed by atoms with Gasteiger partial charge in [0.1, 0.15) is 0 Å². The van der Waals surface area contributed by atoms with Crippen LogP contribution in [0.25, 0.3) is 77.2 Å². The van der Waals surface area contributed by atoms with Crippen molar-refractivity contribution in [2.75, 3.05) is 4.90 Å². The summed E-state index contributed by atoms with van der Waals surface area (Å²) >= 11 is 0. The molecule has 0 atom stereocenters. The first-order chi connectivity index (χ1) is 34.7. The van der Waals surface area contributed by atoms with Crippen LogP contribution in [-0.2, 0) is 5.41 Å². The van der Waals surface area contributed by atoms with E-state index in [1.807, 2.05) is 0 Å². The average molecular weight is 890 g/mol. The fourth-order valence-electron chi connectivity index (χ4n) is 11.4. The lowest BCUT2D eigenvalue weighted by atomic mass is 9.67. The van der Waals surface area contributed by atoms with Crippen molar-refractivity contribution in [3.63, 3.8) is 0 Å². The van der Waals surface area contributed by atoms with E-state index in [0.717, 1.165) is 22.6 Å². The van der Waals surface area contributed by atoms with Gasteiger partial charge in [-0.2, -0.15) is 0 Å². The highest BCUT2D eigenvalue weighted by Crippen LogP contribution is 2.58. The van der Waals surface area contributed by atoms with Crippen molar-refractivity contribution in [3.8, 4) is 55.6 Å². The van der Waals surface area contributed by atoms with Gasteiger partial charge in [0.05, 0.1) is 5.41 Å². The minimum atomic E-state index is -0.458. The molecule has 0 bridgehead atoms. The maximum absolute atomic E-state index is 2.39. The van der Waals surface area contributed by atoms with Crippen LogP contribution in [-0.4, -0.2) is 0 Å². The summed E-state index contributed by atoms with van der Waals surface area (Å²) in [5.74, 6) is 0. The molecular formula is C69H47N. The lowest BCUT2D eigenvalue weighted by molar-refractivity contribution is 0.768. The molecule has 0 amide bonds. The second-order valence-corrected chi connectivity index (χ2v) is 18.4. The van der Waals surface area contributed by atoms with Gasteiger partial charge in [-0.1, -0.05) is 249 Å². The van der Waals surface area contributed by atoms with Crippen molar-refractivity contribution in [1.82, 2.24) is 0 Å². The summed E-state index contributed by atoms with van der Waals surface area (Å²) in [5, 5.41) is 5.01. The summed E-state index contributed by atoms with van der Waals surface area (Å²) in [6.07, 6.45) is 0. The summed E-state index contributed by atoms with van der Waals surface area (Å²) in [6, 6.07) is 105. The first-order valence-corrected chi connectivity index (χ1v) is 24.2. The smallest absolute Gasteiger partial charge is 0.0713 e. The Hall–Kier alpha value is -9.04. The largest absolute Gasteiger partial charge is 0.310 e. The number of hydrogen-bond acceptors (Lipinski definition) is 1. The Morgan fingerprint density at radius 3 is 1.26 bits per heavy atom. The molecule has 13 rings (SSSR count). The van der Waals surface area contributed by atoms with Gasteiger partial charge in [-0.3, -0.25) is 0 Å². The summed E-state index contributed by atoms with van der Waals surface area (Å²) in [4.78, 5) is 2.39. The molecule has 0 radical (unpaired) electrons. The minimum absolute atomic E-state index is 0.458. The summed E-state index contributed by atoms with van der Waals surface area (Å²) in [5.41, 5.74) is 20.2. The molecule has 12 aromatic rings. The highest BCUT2D eigenvalue weighted by molar-refractivity contribution is 5.99. The Morgan fingerprint density at radius 1 is 0.243 bits per heavy atom. The fraction of sp³-hybridized carbons (Fsp3) is 0.0145. The minimum Gasteiger partial charge on any atom is -0.310 e. The number of benzene rings is 12. The van der Waals surface area contributed by atoms with Crippen LogP contribution < -0.4 is 4.90 Å². The second kappa shape index (κ2) is 17.2. The van der Waals surface area contributed by atoms with Crippen molar-refractivity contribution in [3.05, 3.63) is 307 Å². The summed E-state index contributed by atoms with van der Waals surface area (Å²) < 4.78 is 0. The van der Waals surface area contributed by atoms with Crippen LogP contribution in [0, 0.1) is 0 Å². The Labute approximate surface area is 409 Å². The molecule has 1 heteroatoms. The van der Waals surface area contributed by atoms with Crippen LogP contribution in [0.5, 0.6) is 0 Å². The zero-order valence-corrected chi connectivity index (χ0v) is 38.6. The fourth-order valence-corrected chi connectivity index (χ4v) is 11.4. The number of hydrogen-bond donors (Lipinski definition) is 0. The number of nitrogens with zero attached hydrogens (tertiary/aromatic N) is 1. The molecule has 0 N–H and O–H groups in total. The lowest BCUT2D eigenvalue weighted by Crippen LogP contribution is -2.28. The number of rotatable bonds is 9. The van der Waals surface area contributed by atoms with Crippen LogP contribution in [0.3, 0.4) is 0 Å². The van der Waals surface area contributed by atoms with Crippen molar-refractivity contribution in [1.29, 1.82) is 0 Å². The third kappa shape index (κ3) is 6.86. The molecule has 1 aliphatic carbocycles. The monoisotopic (exact) mass is 889 g/mol. The van der Waals surface area contributed by atoms with E-state index < -0.39 is 5.41 Å². The molecule has 0 fully saturated rings. The molecule has 0 saturated carbocycles. The molecule has 12 aromatic carbocycles. The molecule has 328 valence electrons. The standard InChI is InChI=1S/C69H47N/c1-3-22-55(23-4-1)69(56-24-5-2-6-25-56)66-33-12-11-29-65(66)68-64(32-16-34-67(68)69)53-41-45-58(46-42-53)70(57-43-39-52(40-44-57)63-31-15-20-50-18-8-10-28-61(50)63)59-26-13-21-54(47-59)48-35-37-51(38-36-48)62-30-14-19-49-17-7-9-27-60(49)62/h1-47H. The highest BCUT2D eigenvalue weighted by Gasteiger charge is 2.46. The molecule has 0 aromatic heterocycles. The van der Waals surface area contributed by atoms with Crippen LogP contribution in [0.4, 0.5) is 17.1 Å². The molecule has 0 aliphatic heterocycles. The number of fused-ring (bicyclic) bond motifs is 5. The van der Waals surface area contributed by atoms with Crippen molar-refractivity contribution in [2.24, 2.45) is 0 Å². The van der Waals surface area contributed by atoms with Gasteiger partial charge in [0.15, 0.2) is 0 Å². The van der Waals surface area contributed by atoms with Crippen LogP contribution in [0.1, 0.15) is 22.3 Å². The Morgan fingerprint density at radius 2 is 0.657 bits per heavy atom. The Kier molecular flexibility index (Phi) is 10.1. The molecule has 0 unspecified atom stereocenters. The van der Waals surface area contributed by atoms with Crippen LogP contribution in [0.2, 0.25) is 0 Å². The van der Waals surface area contributed by atoms with Crippen LogP contribution >= 0.6 is 0 Å². The van der Waals surface area contributed by atoms with Gasteiger partial charge in [-0.15, -0.1) is 0 Å².